The highest BCUT2D eigenvalue weighted by molar-refractivity contribution is 5.92. The Morgan fingerprint density at radius 3 is 2.93 bits per heavy atom. The molecule has 142 valence electrons. The minimum Gasteiger partial charge on any atom is -0.440 e. The molecule has 0 unspecified atom stereocenters. The summed E-state index contributed by atoms with van der Waals surface area (Å²) in [4.78, 5) is 19.6. The molecule has 0 N–H and O–H groups in total. The molecule has 0 radical (unpaired) electrons. The lowest BCUT2D eigenvalue weighted by atomic mass is 9.97. The summed E-state index contributed by atoms with van der Waals surface area (Å²) < 4.78 is 7.66. The lowest BCUT2D eigenvalue weighted by molar-refractivity contribution is 0.0687. The number of fused-ring (bicyclic) bond motifs is 1. The van der Waals surface area contributed by atoms with Gasteiger partial charge in [-0.1, -0.05) is 26.0 Å². The molecule has 3 aromatic rings. The number of likely N-dealkylation sites (tertiary alicyclic amines) is 1. The predicted molar refractivity (Wildman–Crippen MR) is 104 cm³/mol. The molecule has 27 heavy (non-hydrogen) atoms. The van der Waals surface area contributed by atoms with Crippen molar-refractivity contribution in [2.45, 2.75) is 39.0 Å². The van der Waals surface area contributed by atoms with Gasteiger partial charge in [0.25, 0.3) is 5.91 Å². The van der Waals surface area contributed by atoms with E-state index in [1.54, 1.807) is 4.68 Å². The van der Waals surface area contributed by atoms with Gasteiger partial charge in [-0.25, -0.2) is 4.98 Å². The Hall–Kier alpha value is -2.63. The summed E-state index contributed by atoms with van der Waals surface area (Å²) in [5.74, 6) is 1.43. The second-order valence-electron chi connectivity index (χ2n) is 7.85. The van der Waals surface area contributed by atoms with Gasteiger partial charge < -0.3 is 9.32 Å². The maximum absolute atomic E-state index is 13.1. The number of amides is 1. The molecule has 1 saturated heterocycles. The standard InChI is InChI=1S/C21H26N4O2/c1-14(2)11-16-12-18(24(3)23-16)21(26)25-10-6-7-15(13-25)20-22-17-8-4-5-9-19(17)27-20/h4-5,8-9,12,14-15H,6-7,10-11,13H2,1-3H3/t15-/m0/s1. The number of aromatic nitrogens is 3. The smallest absolute Gasteiger partial charge is 0.272 e. The van der Waals surface area contributed by atoms with Crippen LogP contribution < -0.4 is 0 Å². The summed E-state index contributed by atoms with van der Waals surface area (Å²) in [5, 5.41) is 4.51. The lowest BCUT2D eigenvalue weighted by Gasteiger charge is -2.31. The highest BCUT2D eigenvalue weighted by Crippen LogP contribution is 2.29. The van der Waals surface area contributed by atoms with Crippen LogP contribution in [0.4, 0.5) is 0 Å². The fourth-order valence-corrected chi connectivity index (χ4v) is 3.83. The van der Waals surface area contributed by atoms with Gasteiger partial charge >= 0.3 is 0 Å². The highest BCUT2D eigenvalue weighted by atomic mass is 16.3. The van der Waals surface area contributed by atoms with Gasteiger partial charge in [0.2, 0.25) is 0 Å². The third-order valence-electron chi connectivity index (χ3n) is 5.14. The van der Waals surface area contributed by atoms with Crippen molar-refractivity contribution in [1.29, 1.82) is 0 Å². The molecule has 1 aliphatic heterocycles. The van der Waals surface area contributed by atoms with Crippen molar-refractivity contribution >= 4 is 17.0 Å². The molecular weight excluding hydrogens is 340 g/mol. The first-order chi connectivity index (χ1) is 13.0. The van der Waals surface area contributed by atoms with E-state index in [0.29, 0.717) is 18.2 Å². The van der Waals surface area contributed by atoms with Crippen LogP contribution in [-0.2, 0) is 13.5 Å². The molecular formula is C21H26N4O2. The highest BCUT2D eigenvalue weighted by Gasteiger charge is 2.30. The monoisotopic (exact) mass is 366 g/mol. The molecule has 1 aromatic carbocycles. The first-order valence-electron chi connectivity index (χ1n) is 9.69. The fraction of sp³-hybridized carbons (Fsp3) is 0.476. The summed E-state index contributed by atoms with van der Waals surface area (Å²) in [5.41, 5.74) is 3.31. The number of oxazole rings is 1. The maximum atomic E-state index is 13.1. The van der Waals surface area contributed by atoms with Gasteiger partial charge in [-0.3, -0.25) is 9.48 Å². The van der Waals surface area contributed by atoms with Crippen LogP contribution in [0.1, 0.15) is 54.7 Å². The Bertz CT molecular complexity index is 923. The van der Waals surface area contributed by atoms with Crippen molar-refractivity contribution in [3.63, 3.8) is 0 Å². The molecule has 1 atom stereocenters. The Morgan fingerprint density at radius 1 is 1.33 bits per heavy atom. The molecule has 1 fully saturated rings. The summed E-state index contributed by atoms with van der Waals surface area (Å²) in [7, 11) is 1.85. The van der Waals surface area contributed by atoms with E-state index >= 15 is 0 Å². The molecule has 0 aliphatic carbocycles. The third-order valence-corrected chi connectivity index (χ3v) is 5.14. The average molecular weight is 366 g/mol. The van der Waals surface area contributed by atoms with Crippen molar-refractivity contribution in [3.8, 4) is 0 Å². The molecule has 0 bridgehead atoms. The Labute approximate surface area is 159 Å². The number of hydrogen-bond donors (Lipinski definition) is 0. The van der Waals surface area contributed by atoms with Gasteiger partial charge in [-0.15, -0.1) is 0 Å². The number of carbonyl (C=O) groups is 1. The summed E-state index contributed by atoms with van der Waals surface area (Å²) in [6.45, 7) is 5.72. The SMILES string of the molecule is CC(C)Cc1cc(C(=O)N2CCC[C@H](c3nc4ccccc4o3)C2)n(C)n1. The van der Waals surface area contributed by atoms with E-state index in [2.05, 4.69) is 23.9 Å². The second-order valence-corrected chi connectivity index (χ2v) is 7.85. The molecule has 1 aliphatic rings. The van der Waals surface area contributed by atoms with Crippen LogP contribution in [0.3, 0.4) is 0 Å². The Kier molecular flexibility index (Phi) is 4.72. The zero-order valence-corrected chi connectivity index (χ0v) is 16.2. The lowest BCUT2D eigenvalue weighted by Crippen LogP contribution is -2.40. The van der Waals surface area contributed by atoms with E-state index in [1.165, 1.54) is 0 Å². The van der Waals surface area contributed by atoms with Crippen LogP contribution in [0.15, 0.2) is 34.7 Å². The molecule has 4 rings (SSSR count). The number of para-hydroxylation sites is 2. The normalized spacial score (nSPS) is 17.8. The van der Waals surface area contributed by atoms with Crippen LogP contribution in [0.25, 0.3) is 11.1 Å². The number of nitrogens with zero attached hydrogens (tertiary/aromatic N) is 4. The summed E-state index contributed by atoms with van der Waals surface area (Å²) >= 11 is 0. The third kappa shape index (κ3) is 3.61. The van der Waals surface area contributed by atoms with Crippen molar-refractivity contribution < 1.29 is 9.21 Å². The molecule has 0 saturated carbocycles. The van der Waals surface area contributed by atoms with E-state index in [0.717, 1.165) is 48.5 Å². The number of carbonyl (C=O) groups excluding carboxylic acids is 1. The topological polar surface area (TPSA) is 64.2 Å². The number of piperidine rings is 1. The zero-order chi connectivity index (χ0) is 19.0. The second kappa shape index (κ2) is 7.18. The Morgan fingerprint density at radius 2 is 2.15 bits per heavy atom. The molecule has 6 heteroatoms. The van der Waals surface area contributed by atoms with E-state index in [9.17, 15) is 4.79 Å². The van der Waals surface area contributed by atoms with Crippen molar-refractivity contribution in [3.05, 3.63) is 47.6 Å². The predicted octanol–water partition coefficient (Wildman–Crippen LogP) is 3.78. The molecule has 1 amide bonds. The van der Waals surface area contributed by atoms with E-state index in [-0.39, 0.29) is 11.8 Å². The summed E-state index contributed by atoms with van der Waals surface area (Å²) in [6.07, 6.45) is 2.82. The van der Waals surface area contributed by atoms with Crippen LogP contribution in [0.5, 0.6) is 0 Å². The van der Waals surface area contributed by atoms with Crippen LogP contribution in [0, 0.1) is 5.92 Å². The number of hydrogen-bond acceptors (Lipinski definition) is 4. The summed E-state index contributed by atoms with van der Waals surface area (Å²) in [6, 6.07) is 9.74. The van der Waals surface area contributed by atoms with Gasteiger partial charge in [0.05, 0.1) is 11.6 Å². The zero-order valence-electron chi connectivity index (χ0n) is 16.2. The number of rotatable bonds is 4. The van der Waals surface area contributed by atoms with E-state index in [4.69, 9.17) is 4.42 Å². The Balaban J connectivity index is 1.52. The fourth-order valence-electron chi connectivity index (χ4n) is 3.83. The molecule has 0 spiro atoms. The van der Waals surface area contributed by atoms with Gasteiger partial charge in [-0.05, 0) is 43.4 Å². The molecule has 2 aromatic heterocycles. The first kappa shape index (κ1) is 17.8. The van der Waals surface area contributed by atoms with Gasteiger partial charge in [-0.2, -0.15) is 5.10 Å². The quantitative estimate of drug-likeness (QED) is 0.705. The average Bonchev–Trinajstić information content (AvgIpc) is 3.24. The van der Waals surface area contributed by atoms with E-state index in [1.807, 2.05) is 42.3 Å². The van der Waals surface area contributed by atoms with Crippen LogP contribution in [-0.4, -0.2) is 38.7 Å². The van der Waals surface area contributed by atoms with Gasteiger partial charge in [0.15, 0.2) is 11.5 Å². The van der Waals surface area contributed by atoms with Crippen LogP contribution >= 0.6 is 0 Å². The van der Waals surface area contributed by atoms with Crippen molar-refractivity contribution in [2.75, 3.05) is 13.1 Å². The van der Waals surface area contributed by atoms with Gasteiger partial charge in [0, 0.05) is 20.1 Å². The number of benzene rings is 1. The molecule has 3 heterocycles. The maximum Gasteiger partial charge on any atom is 0.272 e. The minimum atomic E-state index is 0.0424. The number of aryl methyl sites for hydroxylation is 1. The minimum absolute atomic E-state index is 0.0424. The van der Waals surface area contributed by atoms with Crippen molar-refractivity contribution in [1.82, 2.24) is 19.7 Å². The van der Waals surface area contributed by atoms with Gasteiger partial charge in [0.1, 0.15) is 11.2 Å². The van der Waals surface area contributed by atoms with E-state index < -0.39 is 0 Å². The van der Waals surface area contributed by atoms with Crippen molar-refractivity contribution in [2.24, 2.45) is 13.0 Å². The van der Waals surface area contributed by atoms with Crippen LogP contribution in [0.2, 0.25) is 0 Å². The largest absolute Gasteiger partial charge is 0.440 e. The first-order valence-corrected chi connectivity index (χ1v) is 9.69. The molecule has 6 nitrogen and oxygen atoms in total.